The molecule has 2 aromatic carbocycles. The van der Waals surface area contributed by atoms with Crippen LogP contribution in [0.25, 0.3) is 10.9 Å². The van der Waals surface area contributed by atoms with Crippen LogP contribution < -0.4 is 5.09 Å². The number of aromatic hydroxyl groups is 1. The minimum absolute atomic E-state index is 0.00618. The van der Waals surface area contributed by atoms with E-state index in [9.17, 15) is 41.6 Å². The minimum atomic E-state index is -4.78. The largest absolute Gasteiger partial charge is 0.505 e. The van der Waals surface area contributed by atoms with Gasteiger partial charge in [-0.25, -0.2) is 9.48 Å². The summed E-state index contributed by atoms with van der Waals surface area (Å²) in [4.78, 5) is 46.2. The molecule has 0 fully saturated rings. The van der Waals surface area contributed by atoms with Crippen molar-refractivity contribution in [2.24, 2.45) is 0 Å². The predicted octanol–water partition coefficient (Wildman–Crippen LogP) is 5.01. The number of hydrogen-bond donors (Lipinski definition) is 2. The molecular formula is C30H33F4N4O7P. The van der Waals surface area contributed by atoms with E-state index in [4.69, 9.17) is 9.26 Å². The van der Waals surface area contributed by atoms with E-state index >= 15 is 0 Å². The third kappa shape index (κ3) is 8.01. The second-order valence-electron chi connectivity index (χ2n) is 10.7. The van der Waals surface area contributed by atoms with Crippen molar-refractivity contribution >= 4 is 36.2 Å². The molecule has 0 aliphatic carbocycles. The molecule has 2 amide bonds. The first-order valence-corrected chi connectivity index (χ1v) is 16.1. The summed E-state index contributed by atoms with van der Waals surface area (Å²) in [5.41, 5.74) is 0.909. The molecule has 16 heteroatoms. The van der Waals surface area contributed by atoms with E-state index in [0.717, 1.165) is 0 Å². The Balaban J connectivity index is 1.57. The van der Waals surface area contributed by atoms with Gasteiger partial charge in [-0.05, 0) is 44.0 Å². The lowest BCUT2D eigenvalue weighted by atomic mass is 9.95. The Morgan fingerprint density at radius 2 is 1.91 bits per heavy atom. The zero-order chi connectivity index (χ0) is 33.8. The fourth-order valence-corrected chi connectivity index (χ4v) is 7.04. The zero-order valence-corrected chi connectivity index (χ0v) is 26.2. The van der Waals surface area contributed by atoms with Crippen molar-refractivity contribution in [3.63, 3.8) is 0 Å². The number of ether oxygens (including phenoxy) is 1. The van der Waals surface area contributed by atoms with Gasteiger partial charge < -0.3 is 24.2 Å². The molecule has 1 unspecified atom stereocenters. The summed E-state index contributed by atoms with van der Waals surface area (Å²) in [7, 11) is -2.82. The Morgan fingerprint density at radius 3 is 2.57 bits per heavy atom. The number of hydrogen-bond acceptors (Lipinski definition) is 8. The van der Waals surface area contributed by atoms with Gasteiger partial charge >= 0.3 is 12.1 Å². The number of alkyl halides is 3. The topological polar surface area (TPSA) is 138 Å². The van der Waals surface area contributed by atoms with Crippen molar-refractivity contribution in [2.75, 3.05) is 33.0 Å². The number of halogens is 4. The van der Waals surface area contributed by atoms with Gasteiger partial charge in [0.2, 0.25) is 0 Å². The van der Waals surface area contributed by atoms with Gasteiger partial charge in [0.15, 0.2) is 12.4 Å². The Hall–Kier alpha value is -4.07. The van der Waals surface area contributed by atoms with Crippen LogP contribution >= 0.6 is 7.52 Å². The molecule has 11 nitrogen and oxygen atoms in total. The molecule has 0 radical (unpaired) electrons. The molecule has 2 heterocycles. The average Bonchev–Trinajstić information content (AvgIpc) is 3.32. The molecule has 3 aromatic rings. The van der Waals surface area contributed by atoms with Crippen LogP contribution in [0.2, 0.25) is 0 Å². The molecule has 2 atom stereocenters. The van der Waals surface area contributed by atoms with E-state index in [1.165, 1.54) is 54.2 Å². The Kier molecular flexibility index (Phi) is 10.7. The number of phenolic OH excluding ortho intramolecular Hbond substituents is 1. The number of phenols is 1. The van der Waals surface area contributed by atoms with Crippen LogP contribution in [0, 0.1) is 5.82 Å². The smallest absolute Gasteiger partial charge is 0.412 e. The number of rotatable bonds is 13. The molecule has 1 aromatic heterocycles. The quantitative estimate of drug-likeness (QED) is 0.146. The first kappa shape index (κ1) is 34.8. The number of nitrogens with one attached hydrogen (secondary N) is 1. The summed E-state index contributed by atoms with van der Waals surface area (Å²) in [5, 5.41) is 13.7. The second kappa shape index (κ2) is 14.1. The fraction of sp³-hybridized carbons (Fsp3) is 0.400. The standard InChI is InChI=1S/C30H33F4N4O7P/c1-4-44-29(42)18(2)36-46(43,45-17-30(32,33)34)14-6-13-37(3)27(40)23-21-7-5-12-35-25(21)26(39)24-22(23)16-38(28(24)41)15-19-8-10-20(31)11-9-19/h5,7-12,18,39H,4,6,13-17H2,1-3H3,(H,36,43)/t18-,46?/m0/s1. The summed E-state index contributed by atoms with van der Waals surface area (Å²) in [5.74, 6) is -2.79. The first-order chi connectivity index (χ1) is 21.6. The molecule has 0 bridgehead atoms. The Morgan fingerprint density at radius 1 is 1.22 bits per heavy atom. The first-order valence-electron chi connectivity index (χ1n) is 14.3. The molecule has 0 saturated carbocycles. The molecule has 0 saturated heterocycles. The molecule has 4 rings (SSSR count). The number of aromatic nitrogens is 1. The van der Waals surface area contributed by atoms with Crippen LogP contribution in [-0.2, 0) is 31.7 Å². The lowest BCUT2D eigenvalue weighted by molar-refractivity contribution is -0.153. The Bertz CT molecular complexity index is 1670. The number of fused-ring (bicyclic) bond motifs is 2. The van der Waals surface area contributed by atoms with E-state index in [2.05, 4.69) is 10.1 Å². The van der Waals surface area contributed by atoms with Crippen LogP contribution in [0.3, 0.4) is 0 Å². The summed E-state index contributed by atoms with van der Waals surface area (Å²) in [6, 6.07) is 7.43. The number of carbonyl (C=O) groups excluding carboxylic acids is 3. The highest BCUT2D eigenvalue weighted by molar-refractivity contribution is 7.56. The third-order valence-corrected chi connectivity index (χ3v) is 9.48. The molecule has 1 aliphatic heterocycles. The monoisotopic (exact) mass is 668 g/mol. The van der Waals surface area contributed by atoms with Crippen LogP contribution in [0.15, 0.2) is 42.6 Å². The normalized spacial score (nSPS) is 15.0. The highest BCUT2D eigenvalue weighted by atomic mass is 31.2. The number of amides is 2. The number of esters is 1. The number of benzene rings is 2. The van der Waals surface area contributed by atoms with Gasteiger partial charge in [-0.15, -0.1) is 0 Å². The summed E-state index contributed by atoms with van der Waals surface area (Å²) in [6.07, 6.45) is -3.94. The summed E-state index contributed by atoms with van der Waals surface area (Å²) < 4.78 is 75.1. The van der Waals surface area contributed by atoms with Gasteiger partial charge in [-0.2, -0.15) is 13.2 Å². The zero-order valence-electron chi connectivity index (χ0n) is 25.3. The second-order valence-corrected chi connectivity index (χ2v) is 13.0. The van der Waals surface area contributed by atoms with Crippen molar-refractivity contribution in [3.05, 3.63) is 70.7 Å². The fourth-order valence-electron chi connectivity index (χ4n) is 5.10. The predicted molar refractivity (Wildman–Crippen MR) is 159 cm³/mol. The maximum absolute atomic E-state index is 13.9. The average molecular weight is 669 g/mol. The molecule has 248 valence electrons. The number of carbonyl (C=O) groups is 3. The van der Waals surface area contributed by atoms with Crippen LogP contribution in [0.1, 0.15) is 52.1 Å². The lowest BCUT2D eigenvalue weighted by Gasteiger charge is -2.25. The number of nitrogens with zero attached hydrogens (tertiary/aromatic N) is 3. The van der Waals surface area contributed by atoms with Gasteiger partial charge in [-0.3, -0.25) is 23.9 Å². The highest BCUT2D eigenvalue weighted by Gasteiger charge is 2.38. The van der Waals surface area contributed by atoms with Crippen molar-refractivity contribution in [1.82, 2.24) is 19.9 Å². The van der Waals surface area contributed by atoms with Crippen LogP contribution in [0.4, 0.5) is 17.6 Å². The number of pyridine rings is 1. The molecule has 46 heavy (non-hydrogen) atoms. The minimum Gasteiger partial charge on any atom is -0.505 e. The summed E-state index contributed by atoms with van der Waals surface area (Å²) in [6.45, 7) is 0.939. The van der Waals surface area contributed by atoms with Gasteiger partial charge in [0.05, 0.1) is 17.7 Å². The van der Waals surface area contributed by atoms with Gasteiger partial charge in [0, 0.05) is 50.0 Å². The SMILES string of the molecule is CCOC(=O)[C@H](C)NP(=O)(CCCN(C)C(=O)c1c2c(c(O)c3ncccc13)C(=O)N(Cc1ccc(F)cc1)C2)OCC(F)(F)F. The van der Waals surface area contributed by atoms with E-state index < -0.39 is 56.1 Å². The third-order valence-electron chi connectivity index (χ3n) is 7.25. The van der Waals surface area contributed by atoms with E-state index in [0.29, 0.717) is 5.56 Å². The van der Waals surface area contributed by atoms with E-state index in [1.54, 1.807) is 19.1 Å². The van der Waals surface area contributed by atoms with Crippen molar-refractivity contribution < 1.29 is 50.9 Å². The maximum Gasteiger partial charge on any atom is 0.412 e. The van der Waals surface area contributed by atoms with Gasteiger partial charge in [0.25, 0.3) is 19.3 Å². The van der Waals surface area contributed by atoms with E-state index in [1.807, 2.05) is 0 Å². The van der Waals surface area contributed by atoms with E-state index in [-0.39, 0.29) is 66.0 Å². The van der Waals surface area contributed by atoms with Crippen LogP contribution in [-0.4, -0.2) is 82.9 Å². The maximum atomic E-state index is 13.9. The molecule has 1 aliphatic rings. The molecule has 0 spiro atoms. The van der Waals surface area contributed by atoms with Crippen molar-refractivity contribution in [3.8, 4) is 5.75 Å². The van der Waals surface area contributed by atoms with Crippen molar-refractivity contribution in [1.29, 1.82) is 0 Å². The Labute approximate surface area is 262 Å². The lowest BCUT2D eigenvalue weighted by Crippen LogP contribution is -2.36. The van der Waals surface area contributed by atoms with Crippen LogP contribution in [0.5, 0.6) is 5.75 Å². The van der Waals surface area contributed by atoms with Crippen molar-refractivity contribution in [2.45, 2.75) is 45.6 Å². The molecular weight excluding hydrogens is 635 g/mol. The highest BCUT2D eigenvalue weighted by Crippen LogP contribution is 2.45. The molecule has 2 N–H and O–H groups in total. The van der Waals surface area contributed by atoms with Gasteiger partial charge in [0.1, 0.15) is 17.4 Å². The van der Waals surface area contributed by atoms with Gasteiger partial charge in [-0.1, -0.05) is 18.2 Å². The summed E-state index contributed by atoms with van der Waals surface area (Å²) >= 11 is 0.